The molecular formula is C22H25NO4. The molecule has 0 fully saturated rings. The van der Waals surface area contributed by atoms with E-state index in [1.54, 1.807) is 18.3 Å². The normalized spacial score (nSPS) is 12.3. The zero-order valence-electron chi connectivity index (χ0n) is 16.4. The zero-order valence-corrected chi connectivity index (χ0v) is 16.4. The molecule has 0 aromatic heterocycles. The van der Waals surface area contributed by atoms with E-state index in [4.69, 9.17) is 9.47 Å². The Morgan fingerprint density at radius 1 is 0.963 bits per heavy atom. The molecule has 2 aromatic rings. The van der Waals surface area contributed by atoms with E-state index in [1.165, 1.54) is 14.0 Å². The van der Waals surface area contributed by atoms with Crippen molar-refractivity contribution in [3.63, 3.8) is 0 Å². The molecular weight excluding hydrogens is 342 g/mol. The molecule has 0 aliphatic carbocycles. The van der Waals surface area contributed by atoms with Crippen LogP contribution in [0.1, 0.15) is 44.4 Å². The Bertz CT molecular complexity index is 859. The predicted octanol–water partition coefficient (Wildman–Crippen LogP) is 4.52. The van der Waals surface area contributed by atoms with E-state index in [1.807, 2.05) is 63.3 Å². The number of nitrogens with zero attached hydrogens (tertiary/aromatic N) is 1. The van der Waals surface area contributed by atoms with Crippen molar-refractivity contribution in [2.75, 3.05) is 7.11 Å². The lowest BCUT2D eigenvalue weighted by Crippen LogP contribution is -2.29. The lowest BCUT2D eigenvalue weighted by atomic mass is 10.1. The number of hydroxylamine groups is 1. The summed E-state index contributed by atoms with van der Waals surface area (Å²) in [7, 11) is 1.53. The van der Waals surface area contributed by atoms with Crippen LogP contribution in [0, 0.1) is 5.21 Å². The summed E-state index contributed by atoms with van der Waals surface area (Å²) in [5.41, 5.74) is 2.31. The third kappa shape index (κ3) is 5.99. The van der Waals surface area contributed by atoms with Crippen molar-refractivity contribution in [2.24, 2.45) is 0 Å². The van der Waals surface area contributed by atoms with Gasteiger partial charge < -0.3 is 14.7 Å². The second-order valence-electron chi connectivity index (χ2n) is 7.13. The number of hydrogen-bond acceptors (Lipinski definition) is 4. The van der Waals surface area contributed by atoms with Crippen LogP contribution >= 0.6 is 0 Å². The fourth-order valence-corrected chi connectivity index (χ4v) is 2.24. The molecule has 2 rings (SSSR count). The van der Waals surface area contributed by atoms with E-state index in [2.05, 4.69) is 0 Å². The highest BCUT2D eigenvalue weighted by molar-refractivity contribution is 5.78. The molecule has 0 heterocycles. The molecule has 0 bridgehead atoms. The summed E-state index contributed by atoms with van der Waals surface area (Å²) >= 11 is 0. The molecule has 0 saturated heterocycles. The summed E-state index contributed by atoms with van der Waals surface area (Å²) in [6.45, 7) is 6.96. The minimum Gasteiger partial charge on any atom is -0.623 e. The fourth-order valence-electron chi connectivity index (χ4n) is 2.24. The number of esters is 1. The number of rotatable bonds is 5. The Morgan fingerprint density at radius 3 is 2.07 bits per heavy atom. The first kappa shape index (κ1) is 20.2. The molecule has 0 aliphatic rings. The van der Waals surface area contributed by atoms with Gasteiger partial charge in [-0.15, -0.1) is 0 Å². The van der Waals surface area contributed by atoms with Crippen molar-refractivity contribution >= 4 is 24.3 Å². The summed E-state index contributed by atoms with van der Waals surface area (Å²) in [6, 6.07) is 13.1. The molecule has 27 heavy (non-hydrogen) atoms. The van der Waals surface area contributed by atoms with Gasteiger partial charge in [0.2, 0.25) is 0 Å². The summed E-state index contributed by atoms with van der Waals surface area (Å²) < 4.78 is 11.3. The first-order valence-electron chi connectivity index (χ1n) is 8.65. The van der Waals surface area contributed by atoms with Gasteiger partial charge in [-0.25, -0.2) is 4.74 Å². The molecule has 0 saturated carbocycles. The third-order valence-electron chi connectivity index (χ3n) is 3.77. The summed E-state index contributed by atoms with van der Waals surface area (Å²) in [5.74, 6) is 0.495. The molecule has 0 radical (unpaired) electrons. The minimum absolute atomic E-state index is 0.392. The molecule has 0 amide bonds. The zero-order chi connectivity index (χ0) is 20.0. The van der Waals surface area contributed by atoms with Crippen LogP contribution in [0.4, 0.5) is 0 Å². The van der Waals surface area contributed by atoms with Gasteiger partial charge in [-0.1, -0.05) is 30.4 Å². The van der Waals surface area contributed by atoms with Gasteiger partial charge in [0.1, 0.15) is 0 Å². The van der Waals surface area contributed by atoms with Crippen LogP contribution in [0.15, 0.2) is 42.5 Å². The largest absolute Gasteiger partial charge is 0.623 e. The number of hydrogen-bond donors (Lipinski definition) is 0. The van der Waals surface area contributed by atoms with Gasteiger partial charge in [0, 0.05) is 33.3 Å². The number of methoxy groups -OCH3 is 1. The first-order chi connectivity index (χ1) is 12.7. The lowest BCUT2D eigenvalue weighted by Gasteiger charge is -2.18. The summed E-state index contributed by atoms with van der Waals surface area (Å²) in [6.07, 6.45) is 5.49. The average molecular weight is 367 g/mol. The Balaban J connectivity index is 2.15. The Hall–Kier alpha value is -3.08. The van der Waals surface area contributed by atoms with Crippen LogP contribution in [-0.4, -0.2) is 29.6 Å². The molecule has 5 nitrogen and oxygen atoms in total. The maximum atomic E-state index is 12.0. The van der Waals surface area contributed by atoms with Gasteiger partial charge in [0.15, 0.2) is 23.3 Å². The monoisotopic (exact) mass is 367 g/mol. The van der Waals surface area contributed by atoms with Crippen LogP contribution in [0.5, 0.6) is 11.5 Å². The standard InChI is InChI=1S/C22H25NO4/c1-16(24)27-20-13-12-18(14-21(20)26-5)9-6-17-7-10-19(11-8-17)15-23(25)22(2,3)4/h6-15H,1-5H3/b9-6+,23-15+. The number of carbonyl (C=O) groups excluding carboxylic acids is 1. The van der Waals surface area contributed by atoms with Gasteiger partial charge in [0.05, 0.1) is 7.11 Å². The number of ether oxygens (including phenoxy) is 2. The lowest BCUT2D eigenvalue weighted by molar-refractivity contribution is -0.530. The van der Waals surface area contributed by atoms with Crippen LogP contribution in [-0.2, 0) is 4.79 Å². The second-order valence-corrected chi connectivity index (χ2v) is 7.13. The number of carbonyl (C=O) groups is 1. The summed E-state index contributed by atoms with van der Waals surface area (Å²) in [4.78, 5) is 11.1. The van der Waals surface area contributed by atoms with E-state index >= 15 is 0 Å². The van der Waals surface area contributed by atoms with Crippen molar-refractivity contribution in [2.45, 2.75) is 33.2 Å². The molecule has 2 aromatic carbocycles. The Morgan fingerprint density at radius 2 is 1.52 bits per heavy atom. The quantitative estimate of drug-likeness (QED) is 0.148. The smallest absolute Gasteiger partial charge is 0.308 e. The third-order valence-corrected chi connectivity index (χ3v) is 3.77. The van der Waals surface area contributed by atoms with E-state index in [0.29, 0.717) is 11.5 Å². The van der Waals surface area contributed by atoms with E-state index in [-0.39, 0.29) is 0 Å². The van der Waals surface area contributed by atoms with Crippen LogP contribution in [0.25, 0.3) is 12.2 Å². The molecule has 0 unspecified atom stereocenters. The minimum atomic E-state index is -0.462. The number of benzene rings is 2. The molecule has 0 aliphatic heterocycles. The van der Waals surface area contributed by atoms with Crippen molar-refractivity contribution in [3.8, 4) is 11.5 Å². The molecule has 5 heteroatoms. The molecule has 142 valence electrons. The van der Waals surface area contributed by atoms with Gasteiger partial charge in [0.25, 0.3) is 0 Å². The van der Waals surface area contributed by atoms with Crippen molar-refractivity contribution in [3.05, 3.63) is 64.4 Å². The highest BCUT2D eigenvalue weighted by atomic mass is 16.6. The predicted molar refractivity (Wildman–Crippen MR) is 108 cm³/mol. The van der Waals surface area contributed by atoms with Gasteiger partial charge in [-0.3, -0.25) is 4.79 Å². The van der Waals surface area contributed by atoms with E-state index in [9.17, 15) is 10.0 Å². The van der Waals surface area contributed by atoms with Gasteiger partial charge >= 0.3 is 5.97 Å². The second kappa shape index (κ2) is 8.54. The van der Waals surface area contributed by atoms with E-state index < -0.39 is 11.5 Å². The highest BCUT2D eigenvalue weighted by Crippen LogP contribution is 2.29. The Labute approximate surface area is 160 Å². The molecule has 0 atom stereocenters. The van der Waals surface area contributed by atoms with Crippen LogP contribution in [0.3, 0.4) is 0 Å². The van der Waals surface area contributed by atoms with Gasteiger partial charge in [-0.05, 0) is 35.4 Å². The summed E-state index contributed by atoms with van der Waals surface area (Å²) in [5, 5.41) is 12.0. The maximum absolute atomic E-state index is 12.0. The van der Waals surface area contributed by atoms with Crippen molar-refractivity contribution in [1.29, 1.82) is 0 Å². The van der Waals surface area contributed by atoms with Crippen molar-refractivity contribution < 1.29 is 19.0 Å². The van der Waals surface area contributed by atoms with E-state index in [0.717, 1.165) is 21.4 Å². The first-order valence-corrected chi connectivity index (χ1v) is 8.65. The average Bonchev–Trinajstić information content (AvgIpc) is 2.60. The van der Waals surface area contributed by atoms with Crippen molar-refractivity contribution in [1.82, 2.24) is 0 Å². The van der Waals surface area contributed by atoms with Gasteiger partial charge in [-0.2, -0.15) is 0 Å². The SMILES string of the molecule is COc1cc(/C=C/c2ccc(/C=[N+](/[O-])C(C)(C)C)cc2)ccc1OC(C)=O. The van der Waals surface area contributed by atoms with Crippen LogP contribution < -0.4 is 9.47 Å². The maximum Gasteiger partial charge on any atom is 0.308 e. The fraction of sp³-hybridized carbons (Fsp3) is 0.273. The molecule has 0 spiro atoms. The highest BCUT2D eigenvalue weighted by Gasteiger charge is 2.17. The van der Waals surface area contributed by atoms with Crippen LogP contribution in [0.2, 0.25) is 0 Å². The molecule has 0 N–H and O–H groups in total. The topological polar surface area (TPSA) is 61.6 Å². The Kier molecular flexibility index (Phi) is 6.40.